The zero-order valence-electron chi connectivity index (χ0n) is 15.2. The van der Waals surface area contributed by atoms with E-state index in [9.17, 15) is 14.0 Å². The van der Waals surface area contributed by atoms with Crippen molar-refractivity contribution in [1.82, 2.24) is 15.3 Å². The van der Waals surface area contributed by atoms with Crippen molar-refractivity contribution in [3.8, 4) is 11.4 Å². The summed E-state index contributed by atoms with van der Waals surface area (Å²) in [6.45, 7) is 0.350. The van der Waals surface area contributed by atoms with Crippen LogP contribution in [-0.2, 0) is 24.2 Å². The van der Waals surface area contributed by atoms with Gasteiger partial charge >= 0.3 is 0 Å². The number of aryl methyl sites for hydroxylation is 1. The van der Waals surface area contributed by atoms with Gasteiger partial charge in [-0.25, -0.2) is 9.37 Å². The van der Waals surface area contributed by atoms with E-state index in [1.807, 2.05) is 6.07 Å². The summed E-state index contributed by atoms with van der Waals surface area (Å²) in [4.78, 5) is 32.4. The van der Waals surface area contributed by atoms with Crippen molar-refractivity contribution in [2.45, 2.75) is 32.2 Å². The zero-order chi connectivity index (χ0) is 19.5. The second kappa shape index (κ2) is 7.80. The molecule has 0 fully saturated rings. The Morgan fingerprint density at radius 1 is 1.21 bits per heavy atom. The SMILES string of the molecule is O=C(NCc1ccco1)C1CCc2nc(-c3ccc(F)cc3)[nH]c(=O)c2CC1. The molecule has 28 heavy (non-hydrogen) atoms. The number of nitrogens with one attached hydrogen (secondary N) is 2. The highest BCUT2D eigenvalue weighted by Gasteiger charge is 2.25. The second-order valence-corrected chi connectivity index (χ2v) is 6.92. The highest BCUT2D eigenvalue weighted by molar-refractivity contribution is 5.78. The number of hydrogen-bond donors (Lipinski definition) is 2. The molecule has 0 bridgehead atoms. The monoisotopic (exact) mass is 381 g/mol. The third-order valence-corrected chi connectivity index (χ3v) is 5.08. The Labute approximate surface area is 160 Å². The van der Waals surface area contributed by atoms with E-state index in [4.69, 9.17) is 4.42 Å². The summed E-state index contributed by atoms with van der Waals surface area (Å²) in [5.41, 5.74) is 1.80. The number of aromatic nitrogens is 2. The van der Waals surface area contributed by atoms with Gasteiger partial charge in [0, 0.05) is 17.0 Å². The highest BCUT2D eigenvalue weighted by Crippen LogP contribution is 2.24. The van der Waals surface area contributed by atoms with Crippen molar-refractivity contribution in [2.24, 2.45) is 5.92 Å². The number of carbonyl (C=O) groups excluding carboxylic acids is 1. The number of fused-ring (bicyclic) bond motifs is 1. The molecule has 1 aliphatic rings. The number of amides is 1. The van der Waals surface area contributed by atoms with Crippen molar-refractivity contribution in [1.29, 1.82) is 0 Å². The minimum Gasteiger partial charge on any atom is -0.467 e. The van der Waals surface area contributed by atoms with Crippen LogP contribution < -0.4 is 10.9 Å². The van der Waals surface area contributed by atoms with Gasteiger partial charge in [-0.05, 0) is 62.1 Å². The maximum Gasteiger partial charge on any atom is 0.254 e. The van der Waals surface area contributed by atoms with Crippen LogP contribution in [0.15, 0.2) is 51.9 Å². The molecule has 4 rings (SSSR count). The summed E-state index contributed by atoms with van der Waals surface area (Å²) < 4.78 is 18.4. The molecule has 3 aromatic rings. The average molecular weight is 381 g/mol. The largest absolute Gasteiger partial charge is 0.467 e. The molecule has 1 atom stereocenters. The smallest absolute Gasteiger partial charge is 0.254 e. The molecular formula is C21H20FN3O3. The van der Waals surface area contributed by atoms with Gasteiger partial charge in [0.15, 0.2) is 0 Å². The van der Waals surface area contributed by atoms with Gasteiger partial charge in [0.25, 0.3) is 5.56 Å². The first-order valence-corrected chi connectivity index (χ1v) is 9.28. The zero-order valence-corrected chi connectivity index (χ0v) is 15.2. The summed E-state index contributed by atoms with van der Waals surface area (Å²) in [7, 11) is 0. The number of rotatable bonds is 4. The van der Waals surface area contributed by atoms with Gasteiger partial charge in [0.2, 0.25) is 5.91 Å². The normalized spacial score (nSPS) is 16.2. The Morgan fingerprint density at radius 3 is 2.75 bits per heavy atom. The maximum absolute atomic E-state index is 13.1. The summed E-state index contributed by atoms with van der Waals surface area (Å²) in [5.74, 6) is 0.554. The number of furan rings is 1. The van der Waals surface area contributed by atoms with E-state index in [0.717, 1.165) is 0 Å². The predicted octanol–water partition coefficient (Wildman–Crippen LogP) is 2.98. The quantitative estimate of drug-likeness (QED) is 0.680. The van der Waals surface area contributed by atoms with E-state index in [-0.39, 0.29) is 23.2 Å². The first-order valence-electron chi connectivity index (χ1n) is 9.28. The van der Waals surface area contributed by atoms with E-state index in [0.29, 0.717) is 60.6 Å². The number of hydrogen-bond acceptors (Lipinski definition) is 4. The number of aromatic amines is 1. The van der Waals surface area contributed by atoms with Crippen LogP contribution in [-0.4, -0.2) is 15.9 Å². The maximum atomic E-state index is 13.1. The Kier molecular flexibility index (Phi) is 5.06. The summed E-state index contributed by atoms with van der Waals surface area (Å²) in [5, 5.41) is 2.89. The van der Waals surface area contributed by atoms with E-state index >= 15 is 0 Å². The molecule has 0 aliphatic heterocycles. The van der Waals surface area contributed by atoms with Crippen molar-refractivity contribution >= 4 is 5.91 Å². The van der Waals surface area contributed by atoms with E-state index in [1.165, 1.54) is 12.1 Å². The van der Waals surface area contributed by atoms with Crippen LogP contribution in [0.5, 0.6) is 0 Å². The number of carbonyl (C=O) groups is 1. The lowest BCUT2D eigenvalue weighted by atomic mass is 9.99. The fraction of sp³-hybridized carbons (Fsp3) is 0.286. The molecule has 2 aromatic heterocycles. The Bertz CT molecular complexity index is 1030. The molecule has 1 unspecified atom stereocenters. The van der Waals surface area contributed by atoms with Gasteiger partial charge in [-0.2, -0.15) is 0 Å². The van der Waals surface area contributed by atoms with Crippen molar-refractivity contribution in [3.63, 3.8) is 0 Å². The third-order valence-electron chi connectivity index (χ3n) is 5.08. The molecule has 144 valence electrons. The van der Waals surface area contributed by atoms with Crippen LogP contribution in [0.4, 0.5) is 4.39 Å². The van der Waals surface area contributed by atoms with Gasteiger partial charge in [-0.1, -0.05) is 0 Å². The average Bonchev–Trinajstić information content (AvgIpc) is 3.12. The van der Waals surface area contributed by atoms with Crippen molar-refractivity contribution < 1.29 is 13.6 Å². The van der Waals surface area contributed by atoms with Crippen molar-refractivity contribution in [3.05, 3.63) is 75.9 Å². The lowest BCUT2D eigenvalue weighted by Gasteiger charge is -2.13. The molecule has 1 aliphatic carbocycles. The summed E-state index contributed by atoms with van der Waals surface area (Å²) in [6, 6.07) is 9.42. The van der Waals surface area contributed by atoms with Crippen LogP contribution in [0.1, 0.15) is 29.9 Å². The van der Waals surface area contributed by atoms with Crippen LogP contribution in [0.25, 0.3) is 11.4 Å². The highest BCUT2D eigenvalue weighted by atomic mass is 19.1. The molecule has 0 saturated heterocycles. The van der Waals surface area contributed by atoms with Gasteiger partial charge in [-0.3, -0.25) is 9.59 Å². The summed E-state index contributed by atoms with van der Waals surface area (Å²) >= 11 is 0. The molecule has 1 aromatic carbocycles. The molecule has 6 nitrogen and oxygen atoms in total. The van der Waals surface area contributed by atoms with Crippen LogP contribution in [0.3, 0.4) is 0 Å². The molecule has 7 heteroatoms. The Balaban J connectivity index is 1.49. The number of benzene rings is 1. The minimum atomic E-state index is -0.343. The second-order valence-electron chi connectivity index (χ2n) is 6.92. The molecule has 0 spiro atoms. The van der Waals surface area contributed by atoms with Crippen LogP contribution in [0.2, 0.25) is 0 Å². The lowest BCUT2D eigenvalue weighted by Crippen LogP contribution is -2.30. The fourth-order valence-electron chi connectivity index (χ4n) is 3.52. The molecule has 0 radical (unpaired) electrons. The minimum absolute atomic E-state index is 0.0422. The standard InChI is InChI=1S/C21H20FN3O3/c22-15-7-3-13(4-8-15)19-24-18-10-6-14(5-9-17(18)21(27)25-19)20(26)23-12-16-2-1-11-28-16/h1-4,7-8,11,14H,5-6,9-10,12H2,(H,23,26)(H,24,25,27). The number of H-pyrrole nitrogens is 1. The fourth-order valence-corrected chi connectivity index (χ4v) is 3.52. The lowest BCUT2D eigenvalue weighted by molar-refractivity contribution is -0.125. The topological polar surface area (TPSA) is 88.0 Å². The molecular weight excluding hydrogens is 361 g/mol. The molecule has 2 heterocycles. The first kappa shape index (κ1) is 18.2. The van der Waals surface area contributed by atoms with Gasteiger partial charge < -0.3 is 14.7 Å². The number of halogens is 1. The Morgan fingerprint density at radius 2 is 2.00 bits per heavy atom. The van der Waals surface area contributed by atoms with Crippen LogP contribution >= 0.6 is 0 Å². The molecule has 1 amide bonds. The van der Waals surface area contributed by atoms with Gasteiger partial charge in [0.05, 0.1) is 18.5 Å². The van der Waals surface area contributed by atoms with Crippen molar-refractivity contribution in [2.75, 3.05) is 0 Å². The van der Waals surface area contributed by atoms with Gasteiger partial charge in [0.1, 0.15) is 17.4 Å². The van der Waals surface area contributed by atoms with Gasteiger partial charge in [-0.15, -0.1) is 0 Å². The van der Waals surface area contributed by atoms with Crippen LogP contribution in [0, 0.1) is 11.7 Å². The number of nitrogens with zero attached hydrogens (tertiary/aromatic N) is 1. The van der Waals surface area contributed by atoms with E-state index in [1.54, 1.807) is 24.5 Å². The Hall–Kier alpha value is -3.22. The molecule has 2 N–H and O–H groups in total. The summed E-state index contributed by atoms with van der Waals surface area (Å²) in [6.07, 6.45) is 3.83. The third kappa shape index (κ3) is 3.88. The van der Waals surface area contributed by atoms with E-state index in [2.05, 4.69) is 15.3 Å². The molecule has 0 saturated carbocycles. The first-order chi connectivity index (χ1) is 13.6. The van der Waals surface area contributed by atoms with E-state index < -0.39 is 0 Å². The predicted molar refractivity (Wildman–Crippen MR) is 101 cm³/mol.